The van der Waals surface area contributed by atoms with Gasteiger partial charge in [-0.25, -0.2) is 0 Å². The molecular formula is C12H14N4O3S. The number of thioether (sulfide) groups is 1. The van der Waals surface area contributed by atoms with Crippen LogP contribution in [0.15, 0.2) is 30.6 Å². The number of pyridine rings is 1. The Morgan fingerprint density at radius 1 is 1.50 bits per heavy atom. The molecule has 0 aliphatic carbocycles. The van der Waals surface area contributed by atoms with Gasteiger partial charge in [-0.3, -0.25) is 15.1 Å². The molecule has 106 valence electrons. The van der Waals surface area contributed by atoms with Crippen molar-refractivity contribution in [2.24, 2.45) is 0 Å². The second-order valence-corrected chi connectivity index (χ2v) is 5.05. The van der Waals surface area contributed by atoms with E-state index in [-0.39, 0.29) is 11.4 Å². The maximum absolute atomic E-state index is 10.7. The molecule has 0 aliphatic heterocycles. The van der Waals surface area contributed by atoms with Crippen molar-refractivity contribution in [2.75, 3.05) is 17.6 Å². The Morgan fingerprint density at radius 3 is 3.10 bits per heavy atom. The summed E-state index contributed by atoms with van der Waals surface area (Å²) in [4.78, 5) is 17.1. The van der Waals surface area contributed by atoms with Crippen molar-refractivity contribution in [1.82, 2.24) is 9.97 Å². The molecule has 0 radical (unpaired) electrons. The molecule has 0 spiro atoms. The van der Waals surface area contributed by atoms with Crippen LogP contribution in [0.3, 0.4) is 0 Å². The largest absolute Gasteiger partial charge is 0.506 e. The first-order chi connectivity index (χ1) is 9.68. The fourth-order valence-electron chi connectivity index (χ4n) is 1.61. The summed E-state index contributed by atoms with van der Waals surface area (Å²) >= 11 is 1.59. The van der Waals surface area contributed by atoms with Crippen LogP contribution in [0.4, 0.5) is 11.5 Å². The Kier molecular flexibility index (Phi) is 4.83. The van der Waals surface area contributed by atoms with Crippen LogP contribution in [0, 0.1) is 10.1 Å². The fourth-order valence-corrected chi connectivity index (χ4v) is 2.42. The van der Waals surface area contributed by atoms with E-state index in [4.69, 9.17) is 0 Å². The molecule has 2 rings (SSSR count). The molecule has 3 N–H and O–H groups in total. The number of nitrogens with one attached hydrogen (secondary N) is 2. The van der Waals surface area contributed by atoms with Gasteiger partial charge in [0.05, 0.1) is 10.6 Å². The number of aromatic amines is 1. The molecule has 2 aromatic heterocycles. The zero-order chi connectivity index (χ0) is 14.4. The van der Waals surface area contributed by atoms with Gasteiger partial charge in [-0.15, -0.1) is 0 Å². The van der Waals surface area contributed by atoms with Gasteiger partial charge in [0.2, 0.25) is 0 Å². The normalized spacial score (nSPS) is 10.4. The number of hydrogen-bond donors (Lipinski definition) is 3. The Labute approximate surface area is 119 Å². The maximum Gasteiger partial charge on any atom is 0.310 e. The van der Waals surface area contributed by atoms with Gasteiger partial charge in [0.15, 0.2) is 5.82 Å². The van der Waals surface area contributed by atoms with Crippen LogP contribution in [-0.2, 0) is 5.75 Å². The second kappa shape index (κ2) is 6.80. The highest BCUT2D eigenvalue weighted by Gasteiger charge is 2.13. The predicted molar refractivity (Wildman–Crippen MR) is 78.0 cm³/mol. The fraction of sp³-hybridized carbons (Fsp3) is 0.250. The van der Waals surface area contributed by atoms with Crippen LogP contribution < -0.4 is 5.32 Å². The lowest BCUT2D eigenvalue weighted by Gasteiger charge is -2.05. The minimum atomic E-state index is -0.433. The van der Waals surface area contributed by atoms with Gasteiger partial charge in [-0.05, 0) is 12.1 Å². The Morgan fingerprint density at radius 2 is 2.35 bits per heavy atom. The van der Waals surface area contributed by atoms with Gasteiger partial charge in [0.25, 0.3) is 0 Å². The van der Waals surface area contributed by atoms with Gasteiger partial charge in [0.1, 0.15) is 5.75 Å². The summed E-state index contributed by atoms with van der Waals surface area (Å²) in [5.41, 5.74) is 0.681. The Hall–Kier alpha value is -2.22. The molecule has 0 bridgehead atoms. The lowest BCUT2D eigenvalue weighted by Crippen LogP contribution is -2.06. The smallest absolute Gasteiger partial charge is 0.310 e. The Bertz CT molecular complexity index is 588. The van der Waals surface area contributed by atoms with E-state index in [2.05, 4.69) is 15.3 Å². The van der Waals surface area contributed by atoms with Crippen molar-refractivity contribution in [1.29, 1.82) is 0 Å². The monoisotopic (exact) mass is 294 g/mol. The summed E-state index contributed by atoms with van der Waals surface area (Å²) in [5, 5.41) is 23.2. The molecule has 2 aromatic rings. The third-order valence-corrected chi connectivity index (χ3v) is 3.55. The number of nitro groups is 1. The zero-order valence-electron chi connectivity index (χ0n) is 10.6. The molecular weight excluding hydrogens is 280 g/mol. The topological polar surface area (TPSA) is 104 Å². The van der Waals surface area contributed by atoms with E-state index < -0.39 is 4.92 Å². The van der Waals surface area contributed by atoms with E-state index >= 15 is 0 Å². The van der Waals surface area contributed by atoms with Crippen LogP contribution >= 0.6 is 11.8 Å². The highest BCUT2D eigenvalue weighted by atomic mass is 32.2. The van der Waals surface area contributed by atoms with E-state index in [1.807, 2.05) is 0 Å². The number of H-pyrrole nitrogens is 1. The average molecular weight is 294 g/mol. The first kappa shape index (κ1) is 14.2. The summed E-state index contributed by atoms with van der Waals surface area (Å²) in [6, 6.07) is 4.69. The van der Waals surface area contributed by atoms with Crippen LogP contribution in [0.1, 0.15) is 5.69 Å². The van der Waals surface area contributed by atoms with E-state index in [1.165, 1.54) is 12.3 Å². The first-order valence-electron chi connectivity index (χ1n) is 5.94. The summed E-state index contributed by atoms with van der Waals surface area (Å²) in [6.07, 6.45) is 3.16. The third kappa shape index (κ3) is 3.64. The molecule has 7 nitrogen and oxygen atoms in total. The molecule has 0 unspecified atom stereocenters. The number of rotatable bonds is 7. The third-order valence-electron chi connectivity index (χ3n) is 2.57. The van der Waals surface area contributed by atoms with Crippen LogP contribution in [0.25, 0.3) is 0 Å². The zero-order valence-corrected chi connectivity index (χ0v) is 11.4. The SMILES string of the molecule is O=[N+]([O-])c1cc[nH]c1NCCSCc1ncccc1O. The minimum Gasteiger partial charge on any atom is -0.506 e. The molecule has 2 heterocycles. The maximum atomic E-state index is 10.7. The second-order valence-electron chi connectivity index (χ2n) is 3.94. The molecule has 0 aromatic carbocycles. The van der Waals surface area contributed by atoms with Gasteiger partial charge >= 0.3 is 5.69 Å². The summed E-state index contributed by atoms with van der Waals surface area (Å²) in [6.45, 7) is 0.583. The van der Waals surface area contributed by atoms with Crippen LogP contribution in [0.2, 0.25) is 0 Å². The first-order valence-corrected chi connectivity index (χ1v) is 7.10. The summed E-state index contributed by atoms with van der Waals surface area (Å²) in [7, 11) is 0. The van der Waals surface area contributed by atoms with Gasteiger partial charge in [0, 0.05) is 36.5 Å². The highest BCUT2D eigenvalue weighted by Crippen LogP contribution is 2.22. The van der Waals surface area contributed by atoms with Gasteiger partial charge in [-0.2, -0.15) is 11.8 Å². The van der Waals surface area contributed by atoms with E-state index in [0.29, 0.717) is 23.8 Å². The van der Waals surface area contributed by atoms with Gasteiger partial charge in [-0.1, -0.05) is 0 Å². The highest BCUT2D eigenvalue weighted by molar-refractivity contribution is 7.98. The molecule has 0 saturated carbocycles. The lowest BCUT2D eigenvalue weighted by atomic mass is 10.3. The van der Waals surface area contributed by atoms with Crippen molar-refractivity contribution >= 4 is 23.3 Å². The van der Waals surface area contributed by atoms with Crippen molar-refractivity contribution in [3.8, 4) is 5.75 Å². The van der Waals surface area contributed by atoms with Crippen molar-refractivity contribution in [3.05, 3.63) is 46.4 Å². The van der Waals surface area contributed by atoms with Crippen molar-refractivity contribution < 1.29 is 10.0 Å². The number of aromatic nitrogens is 2. The number of nitrogens with zero attached hydrogens (tertiary/aromatic N) is 2. The molecule has 20 heavy (non-hydrogen) atoms. The van der Waals surface area contributed by atoms with Crippen molar-refractivity contribution in [2.45, 2.75) is 5.75 Å². The summed E-state index contributed by atoms with van der Waals surface area (Å²) < 4.78 is 0. The molecule has 0 amide bonds. The number of hydrogen-bond acceptors (Lipinski definition) is 6. The summed E-state index contributed by atoms with van der Waals surface area (Å²) in [5.74, 6) is 1.94. The molecule has 0 aliphatic rings. The molecule has 0 fully saturated rings. The average Bonchev–Trinajstić information content (AvgIpc) is 2.89. The van der Waals surface area contributed by atoms with Crippen LogP contribution in [-0.4, -0.2) is 32.3 Å². The van der Waals surface area contributed by atoms with Gasteiger partial charge < -0.3 is 15.4 Å². The van der Waals surface area contributed by atoms with E-state index in [1.54, 1.807) is 30.1 Å². The van der Waals surface area contributed by atoms with Crippen LogP contribution in [0.5, 0.6) is 5.75 Å². The lowest BCUT2D eigenvalue weighted by molar-refractivity contribution is -0.383. The predicted octanol–water partition coefficient (Wildman–Crippen LogP) is 2.37. The van der Waals surface area contributed by atoms with E-state index in [9.17, 15) is 15.2 Å². The quantitative estimate of drug-likeness (QED) is 0.411. The molecule has 8 heteroatoms. The molecule has 0 saturated heterocycles. The number of aromatic hydroxyl groups is 1. The standard InChI is InChI=1S/C12H14N4O3S/c17-11-2-1-4-13-9(11)8-20-7-6-15-12-10(16(18)19)3-5-14-12/h1-5,14-15,17H,6-8H2. The van der Waals surface area contributed by atoms with Crippen molar-refractivity contribution in [3.63, 3.8) is 0 Å². The molecule has 0 atom stereocenters. The van der Waals surface area contributed by atoms with E-state index in [0.717, 1.165) is 5.75 Å². The Balaban J connectivity index is 1.73. The minimum absolute atomic E-state index is 0.0392. The number of anilines is 1.